The molecule has 82 heavy (non-hydrogen) atoms. The molecule has 1 aliphatic rings. The summed E-state index contributed by atoms with van der Waals surface area (Å²) < 4.78 is 227. The van der Waals surface area contributed by atoms with E-state index in [2.05, 4.69) is 147 Å². The van der Waals surface area contributed by atoms with Crippen LogP contribution in [0.15, 0.2) is 35.8 Å². The van der Waals surface area contributed by atoms with Gasteiger partial charge in [0.25, 0.3) is 0 Å². The molecule has 0 aliphatic carbocycles. The van der Waals surface area contributed by atoms with Crippen molar-refractivity contribution in [1.82, 2.24) is 29.7 Å². The summed E-state index contributed by atoms with van der Waals surface area (Å²) in [6, 6.07) is 0. The molecule has 0 spiro atoms. The van der Waals surface area contributed by atoms with Crippen LogP contribution >= 0.6 is 197 Å². The summed E-state index contributed by atoms with van der Waals surface area (Å²) in [7, 11) is 12.0. The smallest absolute Gasteiger partial charge is 0.642 e. The molecular weight excluding hydrogens is 1970 g/mol. The van der Waals surface area contributed by atoms with Crippen molar-refractivity contribution in [2.24, 2.45) is 0 Å². The van der Waals surface area contributed by atoms with Crippen LogP contribution in [0.25, 0.3) is 11.4 Å². The first-order valence-corrected chi connectivity index (χ1v) is 30.0. The zero-order chi connectivity index (χ0) is 62.5. The summed E-state index contributed by atoms with van der Waals surface area (Å²) in [5.74, 6) is -41.5. The van der Waals surface area contributed by atoms with Crippen LogP contribution in [0, 0.1) is 105 Å². The molecule has 0 radical (unpaired) electrons. The number of hydrogen-bond acceptors (Lipinski definition) is 2. The van der Waals surface area contributed by atoms with Gasteiger partial charge in [0.15, 0.2) is 16.7 Å². The zero-order valence-electron chi connectivity index (χ0n) is 40.6. The van der Waals surface area contributed by atoms with Gasteiger partial charge >= 0.3 is 20.1 Å². The number of alkyl halides is 6. The summed E-state index contributed by atoms with van der Waals surface area (Å²) >= 11 is 53.5. The summed E-state index contributed by atoms with van der Waals surface area (Å²) in [6.07, 6.45) is 0. The molecule has 7 aromatic rings. The quantitative estimate of drug-likeness (QED) is 0.0577. The van der Waals surface area contributed by atoms with Gasteiger partial charge in [0.1, 0.15) is 17.9 Å². The van der Waals surface area contributed by atoms with Crippen molar-refractivity contribution in [2.75, 3.05) is 58.3 Å². The zero-order valence-corrected chi connectivity index (χ0v) is 60.2. The molecule has 1 aliphatic heterocycles. The second-order valence-corrected chi connectivity index (χ2v) is 24.5. The van der Waals surface area contributed by atoms with Crippen molar-refractivity contribution in [3.05, 3.63) is 192 Å². The summed E-state index contributed by atoms with van der Waals surface area (Å²) in [6.45, 7) is 0. The monoisotopic (exact) mass is 1980 g/mol. The van der Waals surface area contributed by atoms with E-state index in [0.29, 0.717) is 0 Å². The van der Waals surface area contributed by atoms with Crippen molar-refractivity contribution >= 4 is 197 Å². The Labute approximate surface area is 567 Å². The third kappa shape index (κ3) is 15.9. The Hall–Kier alpha value is -0.511. The van der Waals surface area contributed by atoms with E-state index in [1.54, 1.807) is 0 Å². The third-order valence-electron chi connectivity index (χ3n) is 9.35. The van der Waals surface area contributed by atoms with Crippen LogP contribution in [0.2, 0.25) is 0 Å². The van der Waals surface area contributed by atoms with Crippen molar-refractivity contribution in [3.8, 4) is 11.4 Å². The number of rotatable bonds is 3. The van der Waals surface area contributed by atoms with Crippen LogP contribution in [-0.4, -0.2) is 68.1 Å². The van der Waals surface area contributed by atoms with Gasteiger partial charge in [-0.25, -0.2) is 0 Å². The maximum atomic E-state index is 16.1. The Balaban J connectivity index is 0.00000113. The maximum Gasteiger partial charge on any atom is 3.00 e. The molecular formula is C46H24Br8Cl6F15IrN6+2. The Morgan fingerprint density at radius 3 is 0.561 bits per heavy atom. The van der Waals surface area contributed by atoms with Crippen LogP contribution in [0.5, 0.6) is 0 Å². The first-order valence-electron chi connectivity index (χ1n) is 20.4. The number of hydrogen-bond donors (Lipinski definition) is 0. The Kier molecular flexibility index (Phi) is 31.6. The van der Waals surface area contributed by atoms with Crippen LogP contribution in [0.4, 0.5) is 65.9 Å². The van der Waals surface area contributed by atoms with Gasteiger partial charge < -0.3 is 29.7 Å². The van der Waals surface area contributed by atoms with Gasteiger partial charge in [0.05, 0.1) is 25.0 Å². The van der Waals surface area contributed by atoms with E-state index >= 15 is 52.7 Å². The van der Waals surface area contributed by atoms with Crippen LogP contribution in [-0.2, 0) is 20.1 Å². The minimum absolute atomic E-state index is 0. The molecule has 6 nitrogen and oxygen atoms in total. The van der Waals surface area contributed by atoms with Crippen molar-refractivity contribution in [1.29, 1.82) is 0 Å². The molecule has 0 atom stereocenters. The van der Waals surface area contributed by atoms with E-state index in [1.165, 1.54) is 0 Å². The van der Waals surface area contributed by atoms with Crippen molar-refractivity contribution in [3.63, 3.8) is 0 Å². The molecule has 5 heterocycles. The SMILES string of the molecule is CN(C)C.CN(C)C.ClCCl.ClCCl.ClCCl.Fc1c(F)c(F)c([C+]2c3[n-]c(c(Br)c3Br)-c3[n-]c(c(Br)c3Br)[C+](c3c(F)c(F)c(F)c(F)c3F)c3[n-]c(c(Br)c3Br)[C+](c3c(F)c(F)c(F)c(F)c3F)c3[n-]c2c(Br)c3Br)c(F)c1F.[Ir+3]. The standard InChI is InChI=1S/C37Br8F15N4.2C3H9N.3CH2Cl2.Ir/c38-7-9(40)32-5(2-17(48)23(54)28(59)24(55)18(2)49)34-11(42)13(44)36(63-34)37-14(45)12(43)35(64-37)6(3-19(50)25(56)29(60)26(57)20(3)51)33-10(41)8(39)31(62-33)4(30(7)61-32)1-15(46)21(52)27(58)22(53)16(1)47;2*1-4(2)3;3*2-1-3;/h;2*1-3H3;3*1H2;/q-1;;;;;;+3. The molecule has 3 aromatic carbocycles. The topological polar surface area (TPSA) is 62.9 Å². The van der Waals surface area contributed by atoms with Gasteiger partial charge in [-0.1, -0.05) is 0 Å². The summed E-state index contributed by atoms with van der Waals surface area (Å²) in [5, 5.41) is 0.583. The van der Waals surface area contributed by atoms with Gasteiger partial charge in [-0.2, -0.15) is 65.9 Å². The van der Waals surface area contributed by atoms with Gasteiger partial charge in [-0.05, 0) is 108 Å². The average molecular weight is 1990 g/mol. The molecule has 4 aromatic heterocycles. The largest absolute Gasteiger partial charge is 3.00 e. The normalized spacial score (nSPS) is 11.5. The molecule has 0 saturated carbocycles. The molecule has 36 heteroatoms. The fourth-order valence-electron chi connectivity index (χ4n) is 6.50. The fraction of sp³-hybridized carbons (Fsp3) is 0.196. The second kappa shape index (κ2) is 33.4. The number of benzene rings is 3. The number of halogens is 29. The molecule has 0 N–H and O–H groups in total. The second-order valence-electron chi connectivity index (χ2n) is 15.7. The molecule has 0 saturated heterocycles. The summed E-state index contributed by atoms with van der Waals surface area (Å²) in [5.41, 5.74) is -11.5. The van der Waals surface area contributed by atoms with E-state index in [1.807, 2.05) is 52.1 Å². The van der Waals surface area contributed by atoms with Crippen LogP contribution in [0.1, 0.15) is 50.9 Å². The predicted octanol–water partition coefficient (Wildman–Crippen LogP) is 19.4. The first-order chi connectivity index (χ1) is 37.6. The van der Waals surface area contributed by atoms with E-state index in [9.17, 15) is 13.2 Å². The van der Waals surface area contributed by atoms with Gasteiger partial charge in [0, 0.05) is 122 Å². The van der Waals surface area contributed by atoms with Crippen LogP contribution in [0.3, 0.4) is 0 Å². The van der Waals surface area contributed by atoms with E-state index in [-0.39, 0.29) is 54.0 Å². The molecule has 0 amide bonds. The number of aromatic nitrogens is 4. The van der Waals surface area contributed by atoms with E-state index in [0.717, 1.165) is 0 Å². The molecule has 0 fully saturated rings. The maximum absolute atomic E-state index is 16.1. The molecule has 448 valence electrons. The number of fused-ring (bicyclic) bond motifs is 9. The number of nitrogens with zero attached hydrogens (tertiary/aromatic N) is 6. The van der Waals surface area contributed by atoms with Gasteiger partial charge in [-0.15, -0.1) is 81.0 Å². The van der Waals surface area contributed by atoms with Gasteiger partial charge in [-0.3, -0.25) is 0 Å². The minimum atomic E-state index is -2.67. The van der Waals surface area contributed by atoms with Gasteiger partial charge in [0.2, 0.25) is 87.3 Å². The third-order valence-corrected chi connectivity index (χ3v) is 17.7. The van der Waals surface area contributed by atoms with Crippen LogP contribution < -0.4 is 19.9 Å². The van der Waals surface area contributed by atoms with E-state index < -0.39 is 185 Å². The van der Waals surface area contributed by atoms with Crippen molar-refractivity contribution < 1.29 is 86.0 Å². The Morgan fingerprint density at radius 2 is 0.402 bits per heavy atom. The van der Waals surface area contributed by atoms with Crippen molar-refractivity contribution in [2.45, 2.75) is 0 Å². The molecule has 8 rings (SSSR count). The minimum Gasteiger partial charge on any atom is -0.642 e. The first kappa shape index (κ1) is 77.6. The fourth-order valence-corrected chi connectivity index (χ4v) is 10.3. The Morgan fingerprint density at radius 1 is 0.280 bits per heavy atom. The van der Waals surface area contributed by atoms with E-state index in [4.69, 9.17) is 69.6 Å². The summed E-state index contributed by atoms with van der Waals surface area (Å²) in [4.78, 5) is 21.0. The Bertz CT molecular complexity index is 3150. The predicted molar refractivity (Wildman–Crippen MR) is 309 cm³/mol. The molecule has 0 unspecified atom stereocenters. The average Bonchev–Trinajstić information content (AvgIpc) is 4.08. The molecule has 8 bridgehead atoms.